The van der Waals surface area contributed by atoms with Gasteiger partial charge >= 0.3 is 0 Å². The van der Waals surface area contributed by atoms with Crippen LogP contribution in [0.3, 0.4) is 0 Å². The smallest absolute Gasteiger partial charge is 0.0965 e. The number of aromatic nitrogens is 2. The lowest BCUT2D eigenvalue weighted by Gasteiger charge is -2.14. The summed E-state index contributed by atoms with van der Waals surface area (Å²) >= 11 is 0. The van der Waals surface area contributed by atoms with E-state index >= 15 is 0 Å². The van der Waals surface area contributed by atoms with Crippen LogP contribution in [-0.2, 0) is 0 Å². The van der Waals surface area contributed by atoms with Gasteiger partial charge in [-0.3, -0.25) is 9.97 Å². The normalized spacial score (nSPS) is 11.5. The standard InChI is InChI=1S/C38H24N2/c1-2-9-26(10-3-1)35-21-27-12-4-5-13-28(27)22-36(35)32-20-30-18-17-29-19-31(23-39-37(29)38(30)40-24-32)34-16-8-14-25-11-6-7-15-33(25)34/h1-24H. The monoisotopic (exact) mass is 508 g/mol. The fourth-order valence-corrected chi connectivity index (χ4v) is 5.90. The molecule has 0 unspecified atom stereocenters. The summed E-state index contributed by atoms with van der Waals surface area (Å²) < 4.78 is 0. The van der Waals surface area contributed by atoms with Gasteiger partial charge in [0.2, 0.25) is 0 Å². The Morgan fingerprint density at radius 1 is 0.325 bits per heavy atom. The molecule has 2 heteroatoms. The average Bonchev–Trinajstić information content (AvgIpc) is 3.03. The summed E-state index contributed by atoms with van der Waals surface area (Å²) in [5, 5.41) is 7.10. The molecule has 0 aliphatic rings. The molecule has 0 amide bonds. The lowest BCUT2D eigenvalue weighted by molar-refractivity contribution is 1.37. The lowest BCUT2D eigenvalue weighted by atomic mass is 9.91. The van der Waals surface area contributed by atoms with Crippen molar-refractivity contribution in [3.8, 4) is 33.4 Å². The summed E-state index contributed by atoms with van der Waals surface area (Å²) in [5.74, 6) is 0. The zero-order valence-electron chi connectivity index (χ0n) is 21.8. The van der Waals surface area contributed by atoms with Crippen LogP contribution in [0.15, 0.2) is 146 Å². The summed E-state index contributed by atoms with van der Waals surface area (Å²) in [6.07, 6.45) is 3.98. The van der Waals surface area contributed by atoms with E-state index in [0.29, 0.717) is 0 Å². The average molecular weight is 509 g/mol. The third-order valence-electron chi connectivity index (χ3n) is 7.88. The van der Waals surface area contributed by atoms with Gasteiger partial charge in [0.25, 0.3) is 0 Å². The minimum Gasteiger partial charge on any atom is -0.253 e. The Bertz CT molecular complexity index is 2210. The van der Waals surface area contributed by atoms with E-state index in [4.69, 9.17) is 9.97 Å². The second-order valence-corrected chi connectivity index (χ2v) is 10.3. The third-order valence-corrected chi connectivity index (χ3v) is 7.88. The van der Waals surface area contributed by atoms with Gasteiger partial charge in [0.15, 0.2) is 0 Å². The molecule has 40 heavy (non-hydrogen) atoms. The van der Waals surface area contributed by atoms with E-state index in [-0.39, 0.29) is 0 Å². The van der Waals surface area contributed by atoms with Crippen molar-refractivity contribution in [2.24, 2.45) is 0 Å². The molecule has 0 aliphatic heterocycles. The van der Waals surface area contributed by atoms with Crippen LogP contribution in [-0.4, -0.2) is 9.97 Å². The van der Waals surface area contributed by atoms with Crippen molar-refractivity contribution < 1.29 is 0 Å². The van der Waals surface area contributed by atoms with Gasteiger partial charge in [0.05, 0.1) is 11.0 Å². The zero-order chi connectivity index (χ0) is 26.5. The Kier molecular flexibility index (Phi) is 5.17. The fourth-order valence-electron chi connectivity index (χ4n) is 5.90. The maximum atomic E-state index is 4.99. The Balaban J connectivity index is 1.28. The number of hydrogen-bond acceptors (Lipinski definition) is 2. The molecule has 0 N–H and O–H groups in total. The van der Waals surface area contributed by atoms with E-state index in [9.17, 15) is 0 Å². The lowest BCUT2D eigenvalue weighted by Crippen LogP contribution is -1.91. The van der Waals surface area contributed by atoms with Gasteiger partial charge in [0, 0.05) is 34.3 Å². The van der Waals surface area contributed by atoms with Crippen LogP contribution in [0.1, 0.15) is 0 Å². The highest BCUT2D eigenvalue weighted by molar-refractivity contribution is 6.06. The van der Waals surface area contributed by atoms with E-state index in [0.717, 1.165) is 32.9 Å². The molecular formula is C38H24N2. The van der Waals surface area contributed by atoms with Crippen LogP contribution in [0.5, 0.6) is 0 Å². The van der Waals surface area contributed by atoms with Gasteiger partial charge in [-0.1, -0.05) is 109 Å². The summed E-state index contributed by atoms with van der Waals surface area (Å²) in [5.41, 5.74) is 8.85. The molecule has 0 saturated carbocycles. The summed E-state index contributed by atoms with van der Waals surface area (Å²) in [7, 11) is 0. The molecule has 0 radical (unpaired) electrons. The molecule has 6 aromatic carbocycles. The maximum absolute atomic E-state index is 4.99. The van der Waals surface area contributed by atoms with Crippen LogP contribution >= 0.6 is 0 Å². The van der Waals surface area contributed by atoms with Crippen molar-refractivity contribution in [1.29, 1.82) is 0 Å². The molecule has 2 heterocycles. The van der Waals surface area contributed by atoms with Gasteiger partial charge in [-0.25, -0.2) is 0 Å². The second-order valence-electron chi connectivity index (χ2n) is 10.3. The van der Waals surface area contributed by atoms with Crippen LogP contribution in [0.2, 0.25) is 0 Å². The number of rotatable bonds is 3. The topological polar surface area (TPSA) is 25.8 Å². The van der Waals surface area contributed by atoms with Crippen molar-refractivity contribution in [2.75, 3.05) is 0 Å². The zero-order valence-corrected chi connectivity index (χ0v) is 21.8. The molecule has 0 saturated heterocycles. The molecule has 0 spiro atoms. The van der Waals surface area contributed by atoms with Gasteiger partial charge in [-0.2, -0.15) is 0 Å². The Hall–Kier alpha value is -5.34. The van der Waals surface area contributed by atoms with Gasteiger partial charge in [-0.15, -0.1) is 0 Å². The third kappa shape index (κ3) is 3.73. The van der Waals surface area contributed by atoms with Crippen molar-refractivity contribution >= 4 is 43.4 Å². The number of benzene rings is 6. The predicted octanol–water partition coefficient (Wildman–Crippen LogP) is 10.1. The molecule has 2 aromatic heterocycles. The first-order valence-corrected chi connectivity index (χ1v) is 13.6. The maximum Gasteiger partial charge on any atom is 0.0965 e. The molecule has 8 aromatic rings. The molecule has 0 atom stereocenters. The van der Waals surface area contributed by atoms with Gasteiger partial charge in [-0.05, 0) is 68.1 Å². The first-order chi connectivity index (χ1) is 19.8. The Morgan fingerprint density at radius 3 is 1.52 bits per heavy atom. The van der Waals surface area contributed by atoms with Crippen LogP contribution in [0, 0.1) is 0 Å². The first kappa shape index (κ1) is 22.6. The van der Waals surface area contributed by atoms with Crippen molar-refractivity contribution in [2.45, 2.75) is 0 Å². The highest BCUT2D eigenvalue weighted by Gasteiger charge is 2.13. The van der Waals surface area contributed by atoms with E-state index < -0.39 is 0 Å². The van der Waals surface area contributed by atoms with Gasteiger partial charge < -0.3 is 0 Å². The fraction of sp³-hybridized carbons (Fsp3) is 0. The molecule has 8 rings (SSSR count). The predicted molar refractivity (Wildman–Crippen MR) is 168 cm³/mol. The van der Waals surface area contributed by atoms with Gasteiger partial charge in [0.1, 0.15) is 0 Å². The highest BCUT2D eigenvalue weighted by atomic mass is 14.7. The Morgan fingerprint density at radius 2 is 0.850 bits per heavy atom. The molecule has 0 bridgehead atoms. The first-order valence-electron chi connectivity index (χ1n) is 13.6. The van der Waals surface area contributed by atoms with Crippen LogP contribution in [0.4, 0.5) is 0 Å². The van der Waals surface area contributed by atoms with Crippen LogP contribution in [0.25, 0.3) is 76.7 Å². The van der Waals surface area contributed by atoms with E-state index in [1.807, 2.05) is 12.4 Å². The van der Waals surface area contributed by atoms with E-state index in [1.54, 1.807) is 0 Å². The summed E-state index contributed by atoms with van der Waals surface area (Å²) in [4.78, 5) is 9.93. The number of hydrogen-bond donors (Lipinski definition) is 0. The molecule has 186 valence electrons. The quantitative estimate of drug-likeness (QED) is 0.222. The number of nitrogens with zero attached hydrogens (tertiary/aromatic N) is 2. The molecule has 0 aliphatic carbocycles. The SMILES string of the molecule is c1ccc(-c2cc3ccccc3cc2-c2cnc3c(ccc4cc(-c5cccc6ccccc56)cnc43)c2)cc1. The highest BCUT2D eigenvalue weighted by Crippen LogP contribution is 2.37. The van der Waals surface area contributed by atoms with E-state index in [1.165, 1.54) is 43.8 Å². The Labute approximate surface area is 232 Å². The largest absolute Gasteiger partial charge is 0.253 e. The summed E-state index contributed by atoms with van der Waals surface area (Å²) in [6, 6.07) is 47.5. The van der Waals surface area contributed by atoms with Crippen LogP contribution < -0.4 is 0 Å². The minimum absolute atomic E-state index is 0.924. The van der Waals surface area contributed by atoms with Crippen molar-refractivity contribution in [3.63, 3.8) is 0 Å². The molecular weight excluding hydrogens is 484 g/mol. The number of fused-ring (bicyclic) bond motifs is 5. The summed E-state index contributed by atoms with van der Waals surface area (Å²) in [6.45, 7) is 0. The van der Waals surface area contributed by atoms with E-state index in [2.05, 4.69) is 133 Å². The second kappa shape index (κ2) is 9.14. The molecule has 2 nitrogen and oxygen atoms in total. The van der Waals surface area contributed by atoms with Crippen molar-refractivity contribution in [3.05, 3.63) is 146 Å². The molecule has 0 fully saturated rings. The minimum atomic E-state index is 0.924. The number of pyridine rings is 2. The van der Waals surface area contributed by atoms with Crippen molar-refractivity contribution in [1.82, 2.24) is 9.97 Å².